The maximum Gasteiger partial charge on any atom is 1.00 e. The quantitative estimate of drug-likeness (QED) is 0.0417. The molecule has 43 heavy (non-hydrogen) atoms. The largest absolute Gasteiger partial charge is 1.00 e. The zero-order valence-corrected chi connectivity index (χ0v) is 30.9. The van der Waals surface area contributed by atoms with Crippen molar-refractivity contribution in [2.24, 2.45) is 0 Å². The summed E-state index contributed by atoms with van der Waals surface area (Å²) in [6, 6.07) is 3.53. The third-order valence-electron chi connectivity index (χ3n) is 7.00. The summed E-state index contributed by atoms with van der Waals surface area (Å²) in [5, 5.41) is 0. The summed E-state index contributed by atoms with van der Waals surface area (Å²) in [5.41, 5.74) is -0.843. The van der Waals surface area contributed by atoms with Gasteiger partial charge >= 0.3 is 63.3 Å². The SMILES string of the molecule is CCCCCCCC/C=C/CCCOC(=O)c1cccc(S(=O)(=O)[O-])c1C(=O)OCCC/C=C/CCCCCCCC.[K+]. The van der Waals surface area contributed by atoms with Crippen LogP contribution in [0.5, 0.6) is 0 Å². The zero-order valence-electron chi connectivity index (χ0n) is 26.9. The van der Waals surface area contributed by atoms with Crippen LogP contribution in [-0.4, -0.2) is 38.1 Å². The van der Waals surface area contributed by atoms with Gasteiger partial charge in [0.05, 0.1) is 29.2 Å². The fraction of sp³-hybridized carbons (Fsp3) is 0.647. The Kier molecular flexibility index (Phi) is 27.0. The Balaban J connectivity index is 0.0000176. The van der Waals surface area contributed by atoms with Gasteiger partial charge in [-0.3, -0.25) is 0 Å². The Labute approximate surface area is 303 Å². The molecule has 9 heteroatoms. The van der Waals surface area contributed by atoms with E-state index in [2.05, 4.69) is 32.1 Å². The first-order chi connectivity index (χ1) is 20.3. The van der Waals surface area contributed by atoms with Gasteiger partial charge in [-0.25, -0.2) is 18.0 Å². The van der Waals surface area contributed by atoms with Crippen LogP contribution in [0.2, 0.25) is 0 Å². The molecule has 1 aromatic carbocycles. The van der Waals surface area contributed by atoms with E-state index in [0.717, 1.165) is 31.7 Å². The van der Waals surface area contributed by atoms with Crippen molar-refractivity contribution in [2.75, 3.05) is 13.2 Å². The molecule has 0 spiro atoms. The smallest absolute Gasteiger partial charge is 0.744 e. The fourth-order valence-electron chi connectivity index (χ4n) is 4.56. The monoisotopic (exact) mass is 644 g/mol. The molecule has 0 aliphatic rings. The van der Waals surface area contributed by atoms with Crippen LogP contribution in [0.1, 0.15) is 150 Å². The van der Waals surface area contributed by atoms with E-state index in [1.54, 1.807) is 0 Å². The van der Waals surface area contributed by atoms with Crippen molar-refractivity contribution in [1.82, 2.24) is 0 Å². The van der Waals surface area contributed by atoms with Gasteiger partial charge in [0.2, 0.25) is 0 Å². The molecule has 1 rings (SSSR count). The molecule has 0 fully saturated rings. The summed E-state index contributed by atoms with van der Waals surface area (Å²) in [4.78, 5) is 24.8. The maximum atomic E-state index is 12.8. The Hall–Kier alpha value is -0.814. The molecule has 7 nitrogen and oxygen atoms in total. The minimum absolute atomic E-state index is 0. The first-order valence-electron chi connectivity index (χ1n) is 16.1. The van der Waals surface area contributed by atoms with Crippen LogP contribution in [0.3, 0.4) is 0 Å². The van der Waals surface area contributed by atoms with Gasteiger partial charge in [-0.05, 0) is 63.5 Å². The van der Waals surface area contributed by atoms with E-state index in [1.807, 2.05) is 6.08 Å². The minimum Gasteiger partial charge on any atom is -0.744 e. The molecular formula is C34H53KO7S. The molecule has 238 valence electrons. The Morgan fingerprint density at radius 1 is 0.651 bits per heavy atom. The predicted molar refractivity (Wildman–Crippen MR) is 168 cm³/mol. The Bertz CT molecular complexity index is 1050. The van der Waals surface area contributed by atoms with E-state index in [4.69, 9.17) is 9.47 Å². The number of ether oxygens (including phenoxy) is 2. The number of carbonyl (C=O) groups is 2. The summed E-state index contributed by atoms with van der Waals surface area (Å²) >= 11 is 0. The van der Waals surface area contributed by atoms with Crippen LogP contribution in [0.15, 0.2) is 47.4 Å². The van der Waals surface area contributed by atoms with Crippen LogP contribution < -0.4 is 51.4 Å². The number of allylic oxidation sites excluding steroid dienone is 4. The van der Waals surface area contributed by atoms with E-state index in [1.165, 1.54) is 82.8 Å². The average Bonchev–Trinajstić information content (AvgIpc) is 2.97. The molecule has 0 unspecified atom stereocenters. The molecule has 1 aromatic rings. The molecule has 0 saturated carbocycles. The summed E-state index contributed by atoms with van der Waals surface area (Å²) in [7, 11) is -5.02. The van der Waals surface area contributed by atoms with Crippen LogP contribution in [0.4, 0.5) is 0 Å². The van der Waals surface area contributed by atoms with Gasteiger partial charge in [0, 0.05) is 0 Å². The van der Waals surface area contributed by atoms with Crippen molar-refractivity contribution in [2.45, 2.75) is 134 Å². The third kappa shape index (κ3) is 20.8. The van der Waals surface area contributed by atoms with Crippen molar-refractivity contribution >= 4 is 22.1 Å². The maximum absolute atomic E-state index is 12.8. The van der Waals surface area contributed by atoms with E-state index in [-0.39, 0.29) is 70.2 Å². The summed E-state index contributed by atoms with van der Waals surface area (Å²) in [6.45, 7) is 4.55. The standard InChI is InChI=1S/C34H54O7S.K/c1-3-5-7-9-11-13-15-17-19-21-23-28-40-33(35)30-26-25-27-31(42(37,38)39)32(30)34(36)41-29-24-22-20-18-16-14-12-10-8-6-4-2;/h17-20,25-27H,3-16,21-24,28-29H2,1-2H3,(H,37,38,39);/q;+1/p-1/b19-17+,20-18+;. The molecular weight excluding hydrogens is 592 g/mol. The van der Waals surface area contributed by atoms with Gasteiger partial charge in [-0.15, -0.1) is 0 Å². The molecule has 0 atom stereocenters. The van der Waals surface area contributed by atoms with Crippen molar-refractivity contribution in [3.63, 3.8) is 0 Å². The molecule has 0 heterocycles. The van der Waals surface area contributed by atoms with Gasteiger partial charge in [0.25, 0.3) is 0 Å². The second-order valence-corrected chi connectivity index (χ2v) is 12.1. The second kappa shape index (κ2) is 27.5. The molecule has 0 aliphatic heterocycles. The Morgan fingerprint density at radius 2 is 1.07 bits per heavy atom. The molecule has 0 N–H and O–H groups in total. The van der Waals surface area contributed by atoms with Gasteiger partial charge in [0.15, 0.2) is 0 Å². The number of rotatable bonds is 25. The van der Waals surface area contributed by atoms with E-state index < -0.39 is 32.5 Å². The first kappa shape index (κ1) is 42.2. The van der Waals surface area contributed by atoms with Gasteiger partial charge in [-0.2, -0.15) is 0 Å². The number of unbranched alkanes of at least 4 members (excludes halogenated alkanes) is 14. The number of esters is 2. The van der Waals surface area contributed by atoms with Crippen LogP contribution in [0, 0.1) is 0 Å². The van der Waals surface area contributed by atoms with Crippen molar-refractivity contribution in [1.29, 1.82) is 0 Å². The van der Waals surface area contributed by atoms with E-state index >= 15 is 0 Å². The van der Waals surface area contributed by atoms with Crippen LogP contribution >= 0.6 is 0 Å². The number of benzene rings is 1. The molecule has 0 aromatic heterocycles. The van der Waals surface area contributed by atoms with Gasteiger partial charge in [0.1, 0.15) is 10.1 Å². The molecule has 0 radical (unpaired) electrons. The summed E-state index contributed by atoms with van der Waals surface area (Å²) in [6.07, 6.45) is 28.0. The van der Waals surface area contributed by atoms with Crippen molar-refractivity contribution in [3.05, 3.63) is 53.6 Å². The molecule has 0 saturated heterocycles. The Morgan fingerprint density at radius 3 is 1.53 bits per heavy atom. The van der Waals surface area contributed by atoms with Crippen molar-refractivity contribution < 1.29 is 83.4 Å². The van der Waals surface area contributed by atoms with Crippen LogP contribution in [-0.2, 0) is 19.6 Å². The minimum atomic E-state index is -5.02. The third-order valence-corrected chi connectivity index (χ3v) is 7.88. The van der Waals surface area contributed by atoms with Crippen molar-refractivity contribution in [3.8, 4) is 0 Å². The molecule has 0 bridgehead atoms. The second-order valence-electron chi connectivity index (χ2n) is 10.7. The average molecular weight is 645 g/mol. The number of carbonyl (C=O) groups excluding carboxylic acids is 2. The van der Waals surface area contributed by atoms with E-state index in [9.17, 15) is 22.6 Å². The number of hydrogen-bond acceptors (Lipinski definition) is 7. The number of hydrogen-bond donors (Lipinski definition) is 0. The summed E-state index contributed by atoms with van der Waals surface area (Å²) < 4.78 is 46.1. The van der Waals surface area contributed by atoms with Crippen LogP contribution in [0.25, 0.3) is 0 Å². The predicted octanol–water partition coefficient (Wildman–Crippen LogP) is 6.08. The zero-order chi connectivity index (χ0) is 30.9. The summed E-state index contributed by atoms with van der Waals surface area (Å²) in [5.74, 6) is -1.88. The van der Waals surface area contributed by atoms with Gasteiger partial charge < -0.3 is 14.0 Å². The topological polar surface area (TPSA) is 110 Å². The van der Waals surface area contributed by atoms with E-state index in [0.29, 0.717) is 19.3 Å². The molecule has 0 amide bonds. The normalized spacial score (nSPS) is 11.6. The molecule has 0 aliphatic carbocycles. The van der Waals surface area contributed by atoms with Gasteiger partial charge in [-0.1, -0.05) is 108 Å². The first-order valence-corrected chi connectivity index (χ1v) is 17.5. The fourth-order valence-corrected chi connectivity index (χ4v) is 5.25.